The molecule has 0 amide bonds. The van der Waals surface area contributed by atoms with Crippen molar-refractivity contribution in [1.82, 2.24) is 0 Å². The Bertz CT molecular complexity index is 361. The van der Waals surface area contributed by atoms with E-state index in [-0.39, 0.29) is 6.10 Å². The lowest BCUT2D eigenvalue weighted by Gasteiger charge is -2.37. The molecule has 1 heterocycles. The van der Waals surface area contributed by atoms with E-state index >= 15 is 0 Å². The lowest BCUT2D eigenvalue weighted by Crippen LogP contribution is -2.40. The molecule has 0 saturated carbocycles. The zero-order valence-electron chi connectivity index (χ0n) is 12.0. The quantitative estimate of drug-likeness (QED) is 0.846. The average Bonchev–Trinajstić information content (AvgIpc) is 2.40. The molecule has 0 spiro atoms. The van der Waals surface area contributed by atoms with Gasteiger partial charge in [-0.05, 0) is 37.7 Å². The minimum atomic E-state index is -0.493. The van der Waals surface area contributed by atoms with Crippen molar-refractivity contribution in [3.8, 4) is 0 Å². The van der Waals surface area contributed by atoms with Gasteiger partial charge in [-0.3, -0.25) is 0 Å². The number of rotatable bonds is 6. The third-order valence-corrected chi connectivity index (χ3v) is 4.09. The predicted octanol–water partition coefficient (Wildman–Crippen LogP) is 3.72. The molecule has 2 rings (SSSR count). The highest BCUT2D eigenvalue weighted by Gasteiger charge is 2.33. The van der Waals surface area contributed by atoms with Gasteiger partial charge in [-0.1, -0.05) is 43.7 Å². The van der Waals surface area contributed by atoms with Gasteiger partial charge in [0.15, 0.2) is 0 Å². The van der Waals surface area contributed by atoms with Crippen molar-refractivity contribution in [3.05, 3.63) is 35.9 Å². The summed E-state index contributed by atoms with van der Waals surface area (Å²) in [5, 5.41) is 10.7. The van der Waals surface area contributed by atoms with Crippen LogP contribution in [0.5, 0.6) is 0 Å². The second-order valence-electron chi connectivity index (χ2n) is 5.80. The summed E-state index contributed by atoms with van der Waals surface area (Å²) in [7, 11) is 0. The van der Waals surface area contributed by atoms with Crippen LogP contribution in [0.3, 0.4) is 0 Å². The maximum absolute atomic E-state index is 10.7. The molecule has 1 aliphatic rings. The normalized spacial score (nSPS) is 27.4. The van der Waals surface area contributed by atoms with E-state index in [2.05, 4.69) is 31.2 Å². The molecule has 2 atom stereocenters. The van der Waals surface area contributed by atoms with Gasteiger partial charge in [-0.25, -0.2) is 0 Å². The fourth-order valence-corrected chi connectivity index (χ4v) is 3.00. The zero-order chi connectivity index (χ0) is 13.6. The van der Waals surface area contributed by atoms with Crippen LogP contribution < -0.4 is 0 Å². The van der Waals surface area contributed by atoms with Crippen LogP contribution in [0.1, 0.15) is 51.0 Å². The Hall–Kier alpha value is -0.860. The van der Waals surface area contributed by atoms with Gasteiger partial charge >= 0.3 is 0 Å². The standard InChI is InChI=1S/C17H26O2/c1-2-7-16-14-17(18,12-13-19-16)11-6-10-15-8-4-3-5-9-15/h3-5,8-9,16,18H,2,6-7,10-14H2,1H3. The highest BCUT2D eigenvalue weighted by molar-refractivity contribution is 5.14. The van der Waals surface area contributed by atoms with Crippen LogP contribution in [0.4, 0.5) is 0 Å². The molecular weight excluding hydrogens is 236 g/mol. The van der Waals surface area contributed by atoms with Crippen LogP contribution in [-0.2, 0) is 11.2 Å². The highest BCUT2D eigenvalue weighted by Crippen LogP contribution is 2.31. The first-order valence-corrected chi connectivity index (χ1v) is 7.60. The second kappa shape index (κ2) is 7.06. The van der Waals surface area contributed by atoms with Gasteiger partial charge in [0.05, 0.1) is 11.7 Å². The maximum atomic E-state index is 10.7. The fraction of sp³-hybridized carbons (Fsp3) is 0.647. The zero-order valence-corrected chi connectivity index (χ0v) is 12.0. The molecule has 1 N–H and O–H groups in total. The van der Waals surface area contributed by atoms with E-state index in [4.69, 9.17) is 4.74 Å². The Morgan fingerprint density at radius 1 is 1.32 bits per heavy atom. The van der Waals surface area contributed by atoms with E-state index < -0.39 is 5.60 Å². The molecule has 0 bridgehead atoms. The number of ether oxygens (including phenoxy) is 1. The lowest BCUT2D eigenvalue weighted by molar-refractivity contribution is -0.109. The van der Waals surface area contributed by atoms with E-state index in [0.717, 1.165) is 44.9 Å². The van der Waals surface area contributed by atoms with Crippen LogP contribution in [0, 0.1) is 0 Å². The minimum absolute atomic E-state index is 0.264. The third-order valence-electron chi connectivity index (χ3n) is 4.09. The summed E-state index contributed by atoms with van der Waals surface area (Å²) in [5.74, 6) is 0. The van der Waals surface area contributed by atoms with Crippen molar-refractivity contribution in [1.29, 1.82) is 0 Å². The molecule has 1 aromatic carbocycles. The molecule has 0 radical (unpaired) electrons. The number of hydrogen-bond donors (Lipinski definition) is 1. The smallest absolute Gasteiger partial charge is 0.0694 e. The molecule has 2 unspecified atom stereocenters. The van der Waals surface area contributed by atoms with E-state index in [0.29, 0.717) is 6.61 Å². The van der Waals surface area contributed by atoms with E-state index in [9.17, 15) is 5.11 Å². The van der Waals surface area contributed by atoms with Gasteiger partial charge in [0.25, 0.3) is 0 Å². The summed E-state index contributed by atoms with van der Waals surface area (Å²) in [6.07, 6.45) is 7.08. The molecule has 2 nitrogen and oxygen atoms in total. The molecule has 19 heavy (non-hydrogen) atoms. The molecular formula is C17H26O2. The van der Waals surface area contributed by atoms with Crippen molar-refractivity contribution in [3.63, 3.8) is 0 Å². The van der Waals surface area contributed by atoms with Crippen LogP contribution >= 0.6 is 0 Å². The molecule has 106 valence electrons. The molecule has 1 aliphatic heterocycles. The van der Waals surface area contributed by atoms with Gasteiger partial charge < -0.3 is 9.84 Å². The molecule has 0 aliphatic carbocycles. The fourth-order valence-electron chi connectivity index (χ4n) is 3.00. The summed E-state index contributed by atoms with van der Waals surface area (Å²) >= 11 is 0. The van der Waals surface area contributed by atoms with Crippen LogP contribution in [0.25, 0.3) is 0 Å². The SMILES string of the molecule is CCCC1CC(O)(CCCc2ccccc2)CCO1. The molecule has 1 aromatic rings. The van der Waals surface area contributed by atoms with Crippen molar-refractivity contribution in [2.75, 3.05) is 6.61 Å². The largest absolute Gasteiger partial charge is 0.390 e. The Labute approximate surface area is 116 Å². The van der Waals surface area contributed by atoms with E-state index in [1.54, 1.807) is 0 Å². The summed E-state index contributed by atoms with van der Waals surface area (Å²) in [4.78, 5) is 0. The van der Waals surface area contributed by atoms with Crippen LogP contribution in [-0.4, -0.2) is 23.4 Å². The Kier molecular flexibility index (Phi) is 5.41. The minimum Gasteiger partial charge on any atom is -0.390 e. The predicted molar refractivity (Wildman–Crippen MR) is 78.2 cm³/mol. The first-order chi connectivity index (χ1) is 9.22. The lowest BCUT2D eigenvalue weighted by atomic mass is 9.84. The summed E-state index contributed by atoms with van der Waals surface area (Å²) in [6, 6.07) is 10.5. The first-order valence-electron chi connectivity index (χ1n) is 7.60. The van der Waals surface area contributed by atoms with Crippen molar-refractivity contribution in [2.24, 2.45) is 0 Å². The van der Waals surface area contributed by atoms with E-state index in [1.165, 1.54) is 5.56 Å². The Balaban J connectivity index is 1.77. The van der Waals surface area contributed by atoms with Crippen molar-refractivity contribution >= 4 is 0 Å². The molecule has 1 fully saturated rings. The molecule has 2 heteroatoms. The number of benzene rings is 1. The highest BCUT2D eigenvalue weighted by atomic mass is 16.5. The van der Waals surface area contributed by atoms with Crippen molar-refractivity contribution < 1.29 is 9.84 Å². The van der Waals surface area contributed by atoms with Gasteiger partial charge in [-0.2, -0.15) is 0 Å². The first kappa shape index (κ1) is 14.5. The molecule has 0 aromatic heterocycles. The third kappa shape index (κ3) is 4.63. The average molecular weight is 262 g/mol. The number of hydrogen-bond acceptors (Lipinski definition) is 2. The molecule has 1 saturated heterocycles. The number of aryl methyl sites for hydroxylation is 1. The Morgan fingerprint density at radius 2 is 2.11 bits per heavy atom. The maximum Gasteiger partial charge on any atom is 0.0694 e. The summed E-state index contributed by atoms with van der Waals surface area (Å²) in [6.45, 7) is 2.89. The summed E-state index contributed by atoms with van der Waals surface area (Å²) in [5.41, 5.74) is 0.871. The van der Waals surface area contributed by atoms with Gasteiger partial charge in [0, 0.05) is 13.0 Å². The topological polar surface area (TPSA) is 29.5 Å². The van der Waals surface area contributed by atoms with Gasteiger partial charge in [-0.15, -0.1) is 0 Å². The Morgan fingerprint density at radius 3 is 2.84 bits per heavy atom. The van der Waals surface area contributed by atoms with E-state index in [1.807, 2.05) is 6.07 Å². The van der Waals surface area contributed by atoms with Gasteiger partial charge in [0.2, 0.25) is 0 Å². The monoisotopic (exact) mass is 262 g/mol. The van der Waals surface area contributed by atoms with Crippen molar-refractivity contribution in [2.45, 2.75) is 63.6 Å². The number of aliphatic hydroxyl groups is 1. The second-order valence-corrected chi connectivity index (χ2v) is 5.80. The van der Waals surface area contributed by atoms with Gasteiger partial charge in [0.1, 0.15) is 0 Å². The van der Waals surface area contributed by atoms with Crippen LogP contribution in [0.15, 0.2) is 30.3 Å². The van der Waals surface area contributed by atoms with Crippen LogP contribution in [0.2, 0.25) is 0 Å². The summed E-state index contributed by atoms with van der Waals surface area (Å²) < 4.78 is 5.72.